The van der Waals surface area contributed by atoms with Crippen LogP contribution in [0.4, 0.5) is 0 Å². The van der Waals surface area contributed by atoms with Crippen LogP contribution in [0.15, 0.2) is 0 Å². The van der Waals surface area contributed by atoms with Crippen molar-refractivity contribution in [3.05, 3.63) is 0 Å². The highest BCUT2D eigenvalue weighted by Gasteiger charge is 2.21. The van der Waals surface area contributed by atoms with Gasteiger partial charge in [-0.25, -0.2) is 0 Å². The van der Waals surface area contributed by atoms with Crippen LogP contribution in [0.5, 0.6) is 0 Å². The molecule has 1 atom stereocenters. The van der Waals surface area contributed by atoms with Crippen molar-refractivity contribution >= 4 is 0 Å². The quantitative estimate of drug-likeness (QED) is 0.663. The third kappa shape index (κ3) is 3.56. The molecule has 0 bridgehead atoms. The molecule has 0 aromatic carbocycles. The van der Waals surface area contributed by atoms with Crippen LogP contribution in [0.2, 0.25) is 0 Å². The van der Waals surface area contributed by atoms with Gasteiger partial charge >= 0.3 is 0 Å². The van der Waals surface area contributed by atoms with E-state index in [1.807, 2.05) is 0 Å². The largest absolute Gasteiger partial charge is 0.330 e. The number of nitrogens with zero attached hydrogens (tertiary/aromatic N) is 2. The van der Waals surface area contributed by atoms with Gasteiger partial charge in [0.15, 0.2) is 0 Å². The van der Waals surface area contributed by atoms with Crippen molar-refractivity contribution in [3.8, 4) is 0 Å². The Hall–Kier alpha value is -0.120. The van der Waals surface area contributed by atoms with Crippen molar-refractivity contribution in [1.29, 1.82) is 0 Å². The lowest BCUT2D eigenvalue weighted by atomic mass is 10.2. The zero-order valence-corrected chi connectivity index (χ0v) is 9.71. The van der Waals surface area contributed by atoms with E-state index in [9.17, 15) is 0 Å². The Morgan fingerprint density at radius 2 is 2.07 bits per heavy atom. The monoisotopic (exact) mass is 199 g/mol. The number of unbranched alkanes of at least 4 members (excludes halogenated alkanes) is 1. The van der Waals surface area contributed by atoms with Gasteiger partial charge in [-0.3, -0.25) is 4.90 Å². The SMILES string of the molecule is CCN1CCN(CCCCN)CC1C. The van der Waals surface area contributed by atoms with Crippen LogP contribution >= 0.6 is 0 Å². The summed E-state index contributed by atoms with van der Waals surface area (Å²) in [4.78, 5) is 5.13. The Morgan fingerprint density at radius 3 is 2.64 bits per heavy atom. The lowest BCUT2D eigenvalue weighted by Crippen LogP contribution is -2.51. The first-order valence-corrected chi connectivity index (χ1v) is 5.94. The first-order valence-electron chi connectivity index (χ1n) is 5.94. The van der Waals surface area contributed by atoms with Crippen molar-refractivity contribution in [2.75, 3.05) is 39.3 Å². The first kappa shape index (κ1) is 12.0. The van der Waals surface area contributed by atoms with Crippen LogP contribution in [0.25, 0.3) is 0 Å². The minimum Gasteiger partial charge on any atom is -0.330 e. The second kappa shape index (κ2) is 6.38. The molecule has 1 aliphatic heterocycles. The topological polar surface area (TPSA) is 32.5 Å². The van der Waals surface area contributed by atoms with E-state index in [-0.39, 0.29) is 0 Å². The molecule has 1 aliphatic rings. The zero-order valence-electron chi connectivity index (χ0n) is 9.71. The van der Waals surface area contributed by atoms with Crippen LogP contribution in [0.1, 0.15) is 26.7 Å². The van der Waals surface area contributed by atoms with E-state index in [1.54, 1.807) is 0 Å². The number of nitrogens with two attached hydrogens (primary N) is 1. The van der Waals surface area contributed by atoms with E-state index in [1.165, 1.54) is 45.6 Å². The van der Waals surface area contributed by atoms with Gasteiger partial charge in [0.1, 0.15) is 0 Å². The number of hydrogen-bond donors (Lipinski definition) is 1. The fourth-order valence-electron chi connectivity index (χ4n) is 2.22. The molecule has 3 heteroatoms. The van der Waals surface area contributed by atoms with Crippen LogP contribution in [-0.2, 0) is 0 Å². The maximum atomic E-state index is 5.49. The second-order valence-electron chi connectivity index (χ2n) is 4.27. The Kier molecular flexibility index (Phi) is 5.45. The highest BCUT2D eigenvalue weighted by molar-refractivity contribution is 4.77. The van der Waals surface area contributed by atoms with Crippen molar-refractivity contribution < 1.29 is 0 Å². The molecule has 3 nitrogen and oxygen atoms in total. The van der Waals surface area contributed by atoms with E-state index < -0.39 is 0 Å². The van der Waals surface area contributed by atoms with E-state index in [2.05, 4.69) is 23.6 Å². The number of piperazine rings is 1. The molecule has 0 amide bonds. The Morgan fingerprint density at radius 1 is 1.29 bits per heavy atom. The highest BCUT2D eigenvalue weighted by Crippen LogP contribution is 2.09. The summed E-state index contributed by atoms with van der Waals surface area (Å²) < 4.78 is 0. The molecule has 14 heavy (non-hydrogen) atoms. The Balaban J connectivity index is 2.18. The van der Waals surface area contributed by atoms with Gasteiger partial charge in [-0.05, 0) is 39.4 Å². The van der Waals surface area contributed by atoms with Crippen LogP contribution in [0, 0.1) is 0 Å². The molecular formula is C11H25N3. The Bertz CT molecular complexity index is 147. The summed E-state index contributed by atoms with van der Waals surface area (Å²) in [6.07, 6.45) is 2.43. The van der Waals surface area contributed by atoms with Gasteiger partial charge in [0, 0.05) is 25.7 Å². The molecule has 1 heterocycles. The Labute approximate surface area is 88.2 Å². The molecular weight excluding hydrogens is 174 g/mol. The molecule has 1 fully saturated rings. The van der Waals surface area contributed by atoms with Crippen LogP contribution in [-0.4, -0.2) is 55.1 Å². The molecule has 0 saturated carbocycles. The third-order valence-corrected chi connectivity index (χ3v) is 3.18. The van der Waals surface area contributed by atoms with Crippen LogP contribution < -0.4 is 5.73 Å². The first-order chi connectivity index (χ1) is 6.77. The van der Waals surface area contributed by atoms with Gasteiger partial charge in [0.2, 0.25) is 0 Å². The van der Waals surface area contributed by atoms with Crippen molar-refractivity contribution in [2.45, 2.75) is 32.7 Å². The molecule has 84 valence electrons. The second-order valence-corrected chi connectivity index (χ2v) is 4.27. The number of likely N-dealkylation sites (N-methyl/N-ethyl adjacent to an activating group) is 1. The lowest BCUT2D eigenvalue weighted by Gasteiger charge is -2.39. The summed E-state index contributed by atoms with van der Waals surface area (Å²) in [6.45, 7) is 11.6. The normalized spacial score (nSPS) is 25.5. The van der Waals surface area contributed by atoms with E-state index in [0.29, 0.717) is 0 Å². The number of rotatable bonds is 5. The lowest BCUT2D eigenvalue weighted by molar-refractivity contribution is 0.0871. The number of hydrogen-bond acceptors (Lipinski definition) is 3. The molecule has 0 aromatic rings. The van der Waals surface area contributed by atoms with Gasteiger partial charge in [0.25, 0.3) is 0 Å². The average Bonchev–Trinajstić information content (AvgIpc) is 2.18. The standard InChI is InChI=1S/C11H25N3/c1-3-14-9-8-13(10-11(14)2)7-5-4-6-12/h11H,3-10,12H2,1-2H3. The fourth-order valence-corrected chi connectivity index (χ4v) is 2.22. The van der Waals surface area contributed by atoms with Crippen LogP contribution in [0.3, 0.4) is 0 Å². The zero-order chi connectivity index (χ0) is 10.4. The van der Waals surface area contributed by atoms with E-state index in [0.717, 1.165) is 12.6 Å². The maximum Gasteiger partial charge on any atom is 0.0195 e. The molecule has 0 aromatic heterocycles. The summed E-state index contributed by atoms with van der Waals surface area (Å²) in [5.74, 6) is 0. The minimum absolute atomic E-state index is 0.728. The molecule has 0 spiro atoms. The van der Waals surface area contributed by atoms with Gasteiger partial charge in [-0.1, -0.05) is 6.92 Å². The van der Waals surface area contributed by atoms with Gasteiger partial charge in [-0.15, -0.1) is 0 Å². The summed E-state index contributed by atoms with van der Waals surface area (Å²) in [5, 5.41) is 0. The van der Waals surface area contributed by atoms with Crippen molar-refractivity contribution in [1.82, 2.24) is 9.80 Å². The molecule has 0 aliphatic carbocycles. The minimum atomic E-state index is 0.728. The van der Waals surface area contributed by atoms with Gasteiger partial charge < -0.3 is 10.6 Å². The average molecular weight is 199 g/mol. The highest BCUT2D eigenvalue weighted by atomic mass is 15.3. The maximum absolute atomic E-state index is 5.49. The third-order valence-electron chi connectivity index (χ3n) is 3.18. The summed E-state index contributed by atoms with van der Waals surface area (Å²) in [7, 11) is 0. The molecule has 1 unspecified atom stereocenters. The van der Waals surface area contributed by atoms with Crippen molar-refractivity contribution in [2.24, 2.45) is 5.73 Å². The van der Waals surface area contributed by atoms with E-state index in [4.69, 9.17) is 5.73 Å². The van der Waals surface area contributed by atoms with Gasteiger partial charge in [0.05, 0.1) is 0 Å². The molecule has 0 radical (unpaired) electrons. The molecule has 1 rings (SSSR count). The fraction of sp³-hybridized carbons (Fsp3) is 1.00. The van der Waals surface area contributed by atoms with Gasteiger partial charge in [-0.2, -0.15) is 0 Å². The molecule has 1 saturated heterocycles. The van der Waals surface area contributed by atoms with Crippen molar-refractivity contribution in [3.63, 3.8) is 0 Å². The van der Waals surface area contributed by atoms with E-state index >= 15 is 0 Å². The predicted octanol–water partition coefficient (Wildman–Crippen LogP) is 0.751. The summed E-state index contributed by atoms with van der Waals surface area (Å²) in [5.41, 5.74) is 5.49. The summed E-state index contributed by atoms with van der Waals surface area (Å²) in [6, 6.07) is 0.728. The smallest absolute Gasteiger partial charge is 0.0195 e. The molecule has 2 N–H and O–H groups in total. The predicted molar refractivity (Wildman–Crippen MR) is 61.4 cm³/mol. The summed E-state index contributed by atoms with van der Waals surface area (Å²) >= 11 is 0.